The lowest BCUT2D eigenvalue weighted by molar-refractivity contribution is -0.147. The minimum Gasteiger partial charge on any atom is -0.480 e. The number of rotatable bonds is 37. The molecule has 0 aliphatic heterocycles. The summed E-state index contributed by atoms with van der Waals surface area (Å²) in [6.45, 7) is 3.30. The van der Waals surface area contributed by atoms with Crippen LogP contribution in [0.25, 0.3) is 0 Å². The number of carboxylic acids is 1. The smallest absolute Gasteiger partial charge is 0.328 e. The third-order valence-corrected chi connectivity index (χ3v) is 8.92. The van der Waals surface area contributed by atoms with Crippen LogP contribution in [0, 0.1) is 0 Å². The number of esters is 1. The fourth-order valence-corrected chi connectivity index (χ4v) is 5.65. The normalized spacial score (nSPS) is 13.2. The molecule has 0 aromatic heterocycles. The topological polar surface area (TPSA) is 142 Å². The highest BCUT2D eigenvalue weighted by Crippen LogP contribution is 2.15. The summed E-state index contributed by atoms with van der Waals surface area (Å²) < 4.78 is 5.89. The van der Waals surface area contributed by atoms with Gasteiger partial charge in [-0.25, -0.2) is 4.79 Å². The van der Waals surface area contributed by atoms with Crippen LogP contribution in [0.3, 0.4) is 0 Å². The number of amides is 2. The largest absolute Gasteiger partial charge is 0.480 e. The molecule has 0 saturated carbocycles. The average molecular weight is 769 g/mol. The molecule has 2 atom stereocenters. The van der Waals surface area contributed by atoms with Crippen molar-refractivity contribution in [3.8, 4) is 0 Å². The fraction of sp³-hybridized carbons (Fsp3) is 0.652. The Morgan fingerprint density at radius 1 is 0.582 bits per heavy atom. The maximum atomic E-state index is 12.7. The van der Waals surface area contributed by atoms with E-state index in [0.717, 1.165) is 96.3 Å². The van der Waals surface area contributed by atoms with Gasteiger partial charge < -0.3 is 25.6 Å². The molecule has 4 N–H and O–H groups in total. The van der Waals surface area contributed by atoms with Gasteiger partial charge in [0.15, 0.2) is 0 Å². The second kappa shape index (κ2) is 40.0. The number of nitrogens with one attached hydrogen (secondary N) is 2. The van der Waals surface area contributed by atoms with Crippen molar-refractivity contribution < 1.29 is 34.1 Å². The molecule has 0 aromatic carbocycles. The van der Waals surface area contributed by atoms with E-state index in [2.05, 4.69) is 97.4 Å². The highest BCUT2D eigenvalue weighted by Gasteiger charge is 2.18. The number of carbonyl (C=O) groups excluding carboxylic acids is 3. The molecule has 0 heterocycles. The molecule has 0 fully saturated rings. The first-order valence-electron chi connectivity index (χ1n) is 21.3. The second-order valence-corrected chi connectivity index (χ2v) is 14.0. The monoisotopic (exact) mass is 769 g/mol. The van der Waals surface area contributed by atoms with E-state index in [-0.39, 0.29) is 30.9 Å². The Hall–Kier alpha value is -3.72. The zero-order valence-corrected chi connectivity index (χ0v) is 34.4. The van der Waals surface area contributed by atoms with E-state index in [9.17, 15) is 19.2 Å². The van der Waals surface area contributed by atoms with Gasteiger partial charge in [0.2, 0.25) is 11.8 Å². The van der Waals surface area contributed by atoms with Crippen molar-refractivity contribution in [2.24, 2.45) is 0 Å². The number of allylic oxidation sites excluding steroid dienone is 11. The van der Waals surface area contributed by atoms with E-state index in [1.165, 1.54) is 38.5 Å². The summed E-state index contributed by atoms with van der Waals surface area (Å²) in [5, 5.41) is 22.5. The van der Waals surface area contributed by atoms with Gasteiger partial charge >= 0.3 is 11.9 Å². The van der Waals surface area contributed by atoms with Crippen LogP contribution in [-0.4, -0.2) is 59.3 Å². The number of aliphatic carboxylic acids is 1. The van der Waals surface area contributed by atoms with Crippen molar-refractivity contribution in [2.75, 3.05) is 13.2 Å². The first kappa shape index (κ1) is 51.3. The molecular formula is C46H76N2O7. The lowest BCUT2D eigenvalue weighted by Crippen LogP contribution is -2.47. The zero-order valence-electron chi connectivity index (χ0n) is 34.4. The molecule has 55 heavy (non-hydrogen) atoms. The van der Waals surface area contributed by atoms with Crippen LogP contribution in [-0.2, 0) is 23.9 Å². The van der Waals surface area contributed by atoms with E-state index in [1.807, 2.05) is 0 Å². The average Bonchev–Trinajstić information content (AvgIpc) is 3.17. The third-order valence-electron chi connectivity index (χ3n) is 8.92. The lowest BCUT2D eigenvalue weighted by atomic mass is 10.1. The van der Waals surface area contributed by atoms with Gasteiger partial charge in [0.1, 0.15) is 12.1 Å². The van der Waals surface area contributed by atoms with Crippen LogP contribution in [0.2, 0.25) is 0 Å². The number of hydrogen-bond acceptors (Lipinski definition) is 6. The molecule has 0 saturated heterocycles. The van der Waals surface area contributed by atoms with E-state index in [1.54, 1.807) is 0 Å². The summed E-state index contributed by atoms with van der Waals surface area (Å²) in [5.74, 6) is -2.43. The standard InChI is InChI=1S/C46H76N2O7/c1-3-5-7-9-11-12-13-14-15-16-17-18-19-20-21-22-23-24-26-28-34-38-45(52)55-41(35-31-27-25-10-8-6-4-2)36-32-29-30-33-37-43(50)47-39-44(51)48-42(40-49)46(53)54/h5,7,11-12,14-15,17-18,20-21,31,35,41-42,49H,3-4,6,8-10,13,16,19,22-30,32-34,36-40H2,1-2H3,(H,47,50)(H,48,51)(H,53,54)/b7-5-,12-11-,15-14-,18-17-,21-20-,35-31-. The van der Waals surface area contributed by atoms with Gasteiger partial charge in [-0.15, -0.1) is 0 Å². The Bertz CT molecular complexity index is 1150. The van der Waals surface area contributed by atoms with Crippen molar-refractivity contribution in [1.29, 1.82) is 0 Å². The molecule has 0 aromatic rings. The molecule has 0 aliphatic rings. The highest BCUT2D eigenvalue weighted by molar-refractivity contribution is 5.87. The number of carboxylic acid groups (broad SMARTS) is 1. The van der Waals surface area contributed by atoms with E-state index in [0.29, 0.717) is 12.8 Å². The van der Waals surface area contributed by atoms with Crippen molar-refractivity contribution in [2.45, 2.75) is 180 Å². The number of carbonyl (C=O) groups is 4. The van der Waals surface area contributed by atoms with Gasteiger partial charge in [-0.3, -0.25) is 14.4 Å². The van der Waals surface area contributed by atoms with E-state index < -0.39 is 24.5 Å². The van der Waals surface area contributed by atoms with Crippen LogP contribution in [0.5, 0.6) is 0 Å². The quantitative estimate of drug-likeness (QED) is 0.0280. The number of hydrogen-bond donors (Lipinski definition) is 4. The Morgan fingerprint density at radius 3 is 1.67 bits per heavy atom. The molecule has 9 nitrogen and oxygen atoms in total. The van der Waals surface area contributed by atoms with Crippen molar-refractivity contribution in [3.05, 3.63) is 72.9 Å². The molecule has 0 spiro atoms. The van der Waals surface area contributed by atoms with E-state index in [4.69, 9.17) is 14.9 Å². The number of aliphatic hydroxyl groups is 1. The van der Waals surface area contributed by atoms with Crippen LogP contribution >= 0.6 is 0 Å². The van der Waals surface area contributed by atoms with Gasteiger partial charge in [-0.05, 0) is 89.5 Å². The maximum absolute atomic E-state index is 12.7. The first-order valence-corrected chi connectivity index (χ1v) is 21.3. The fourth-order valence-electron chi connectivity index (χ4n) is 5.65. The summed E-state index contributed by atoms with van der Waals surface area (Å²) in [4.78, 5) is 47.5. The Labute approximate surface area is 333 Å². The molecule has 2 unspecified atom stereocenters. The van der Waals surface area contributed by atoms with Crippen molar-refractivity contribution in [3.63, 3.8) is 0 Å². The highest BCUT2D eigenvalue weighted by atomic mass is 16.5. The third kappa shape index (κ3) is 37.0. The predicted molar refractivity (Wildman–Crippen MR) is 227 cm³/mol. The first-order chi connectivity index (χ1) is 26.8. The minimum atomic E-state index is -1.39. The summed E-state index contributed by atoms with van der Waals surface area (Å²) in [6.07, 6.45) is 49.5. The molecule has 2 amide bonds. The Kier molecular flexibility index (Phi) is 37.3. The number of ether oxygens (including phenoxy) is 1. The van der Waals surface area contributed by atoms with Gasteiger partial charge in [0.05, 0.1) is 13.2 Å². The zero-order chi connectivity index (χ0) is 40.5. The minimum absolute atomic E-state index is 0.134. The van der Waals surface area contributed by atoms with Gasteiger partial charge in [0.25, 0.3) is 0 Å². The molecule has 312 valence electrons. The summed E-state index contributed by atoms with van der Waals surface area (Å²) in [5.41, 5.74) is 0. The second-order valence-electron chi connectivity index (χ2n) is 14.0. The van der Waals surface area contributed by atoms with E-state index >= 15 is 0 Å². The summed E-state index contributed by atoms with van der Waals surface area (Å²) in [6, 6.07) is -1.39. The van der Waals surface area contributed by atoms with Crippen LogP contribution in [0.15, 0.2) is 72.9 Å². The van der Waals surface area contributed by atoms with Crippen molar-refractivity contribution in [1.82, 2.24) is 10.6 Å². The maximum Gasteiger partial charge on any atom is 0.328 e. The summed E-state index contributed by atoms with van der Waals surface area (Å²) in [7, 11) is 0. The molecule has 9 heteroatoms. The molecule has 0 aliphatic carbocycles. The van der Waals surface area contributed by atoms with Gasteiger partial charge in [-0.2, -0.15) is 0 Å². The number of unbranched alkanes of at least 4 members (excludes halogenated alkanes) is 13. The SMILES string of the molecule is CC/C=C\C/C=C\C/C=C\C/C=C\C/C=C\CCCCCCCC(=O)OC(/C=C\CCCCCCC)CCCCCCC(=O)NCC(=O)NC(CO)C(=O)O. The Balaban J connectivity index is 4.23. The number of aliphatic hydroxyl groups excluding tert-OH is 1. The van der Waals surface area contributed by atoms with Gasteiger partial charge in [0, 0.05) is 12.8 Å². The lowest BCUT2D eigenvalue weighted by Gasteiger charge is -2.15. The molecule has 0 radical (unpaired) electrons. The van der Waals surface area contributed by atoms with Crippen LogP contribution in [0.1, 0.15) is 168 Å². The van der Waals surface area contributed by atoms with Crippen LogP contribution in [0.4, 0.5) is 0 Å². The summed E-state index contributed by atoms with van der Waals surface area (Å²) >= 11 is 0. The van der Waals surface area contributed by atoms with Crippen LogP contribution < -0.4 is 10.6 Å². The molecule has 0 bridgehead atoms. The van der Waals surface area contributed by atoms with Crippen molar-refractivity contribution >= 4 is 23.8 Å². The predicted octanol–water partition coefficient (Wildman–Crippen LogP) is 10.3. The van der Waals surface area contributed by atoms with Gasteiger partial charge in [-0.1, -0.05) is 138 Å². The Morgan fingerprint density at radius 2 is 1.09 bits per heavy atom. The molecular weight excluding hydrogens is 693 g/mol. The molecule has 0 rings (SSSR count).